The molecule has 0 aliphatic heterocycles. The van der Waals surface area contributed by atoms with Gasteiger partial charge in [-0.1, -0.05) is 20.8 Å². The van der Waals surface area contributed by atoms with Crippen LogP contribution in [-0.4, -0.2) is 15.9 Å². The van der Waals surface area contributed by atoms with Crippen LogP contribution < -0.4 is 11.1 Å². The fourth-order valence-electron chi connectivity index (χ4n) is 2.03. The highest BCUT2D eigenvalue weighted by molar-refractivity contribution is 7.18. The van der Waals surface area contributed by atoms with Crippen LogP contribution in [-0.2, 0) is 12.0 Å². The Morgan fingerprint density at radius 3 is 2.74 bits per heavy atom. The van der Waals surface area contributed by atoms with Crippen molar-refractivity contribution in [1.82, 2.24) is 9.97 Å². The van der Waals surface area contributed by atoms with Gasteiger partial charge in [-0.05, 0) is 18.2 Å². The Morgan fingerprint density at radius 1 is 1.30 bits per heavy atom. The maximum Gasteiger partial charge on any atom is 0.275 e. The number of carbonyl (C=O) groups is 1. The molecule has 0 unspecified atom stereocenters. The summed E-state index contributed by atoms with van der Waals surface area (Å²) in [6, 6.07) is 5.75. The summed E-state index contributed by atoms with van der Waals surface area (Å²) in [4.78, 5) is 21.1. The van der Waals surface area contributed by atoms with Crippen LogP contribution >= 0.6 is 22.7 Å². The molecule has 7 heteroatoms. The van der Waals surface area contributed by atoms with Crippen LogP contribution in [0.25, 0.3) is 10.2 Å². The Balaban J connectivity index is 1.84. The SMILES string of the molecule is CC(C)(C)c1nc2ccc(NC(=O)c3csc(CN)n3)cc2s1. The summed E-state index contributed by atoms with van der Waals surface area (Å²) in [5, 5.41) is 6.44. The molecule has 0 fully saturated rings. The Morgan fingerprint density at radius 2 is 2.09 bits per heavy atom. The summed E-state index contributed by atoms with van der Waals surface area (Å²) in [7, 11) is 0. The number of nitrogens with two attached hydrogens (primary N) is 1. The maximum atomic E-state index is 12.2. The molecule has 3 rings (SSSR count). The first kappa shape index (κ1) is 16.0. The lowest BCUT2D eigenvalue weighted by molar-refractivity contribution is 0.102. The van der Waals surface area contributed by atoms with E-state index in [-0.39, 0.29) is 11.3 Å². The second kappa shape index (κ2) is 5.99. The van der Waals surface area contributed by atoms with Gasteiger partial charge in [-0.25, -0.2) is 9.97 Å². The van der Waals surface area contributed by atoms with Gasteiger partial charge in [0.05, 0.1) is 15.2 Å². The molecule has 0 spiro atoms. The van der Waals surface area contributed by atoms with E-state index < -0.39 is 0 Å². The molecule has 1 aromatic carbocycles. The summed E-state index contributed by atoms with van der Waals surface area (Å²) < 4.78 is 1.06. The zero-order valence-corrected chi connectivity index (χ0v) is 14.8. The summed E-state index contributed by atoms with van der Waals surface area (Å²) in [5.41, 5.74) is 7.64. The highest BCUT2D eigenvalue weighted by atomic mass is 32.1. The second-order valence-corrected chi connectivity index (χ2v) is 8.21. The van der Waals surface area contributed by atoms with E-state index in [9.17, 15) is 4.79 Å². The molecule has 0 atom stereocenters. The first-order chi connectivity index (χ1) is 10.9. The molecule has 0 saturated carbocycles. The van der Waals surface area contributed by atoms with E-state index in [1.165, 1.54) is 11.3 Å². The van der Waals surface area contributed by atoms with E-state index in [0.29, 0.717) is 12.2 Å². The first-order valence-electron chi connectivity index (χ1n) is 7.24. The summed E-state index contributed by atoms with van der Waals surface area (Å²) in [6.07, 6.45) is 0. The van der Waals surface area contributed by atoms with Crippen LogP contribution in [0.15, 0.2) is 23.6 Å². The molecular formula is C16H18N4OS2. The van der Waals surface area contributed by atoms with Crippen molar-refractivity contribution in [2.75, 3.05) is 5.32 Å². The number of carbonyl (C=O) groups excluding carboxylic acids is 1. The Kier molecular flexibility index (Phi) is 4.18. The highest BCUT2D eigenvalue weighted by Gasteiger charge is 2.19. The van der Waals surface area contributed by atoms with Crippen molar-refractivity contribution in [2.45, 2.75) is 32.7 Å². The van der Waals surface area contributed by atoms with E-state index in [1.54, 1.807) is 16.7 Å². The number of hydrogen-bond acceptors (Lipinski definition) is 6. The van der Waals surface area contributed by atoms with Crippen LogP contribution in [0.5, 0.6) is 0 Å². The van der Waals surface area contributed by atoms with E-state index >= 15 is 0 Å². The maximum absolute atomic E-state index is 12.2. The molecule has 2 heterocycles. The van der Waals surface area contributed by atoms with Crippen molar-refractivity contribution < 1.29 is 4.79 Å². The first-order valence-corrected chi connectivity index (χ1v) is 8.93. The standard InChI is InChI=1S/C16H18N4OS2/c1-16(2,3)15-20-10-5-4-9(6-12(10)23-15)18-14(21)11-8-22-13(7-17)19-11/h4-6,8H,7,17H2,1-3H3,(H,18,21). The number of hydrogen-bond donors (Lipinski definition) is 2. The number of nitrogens with one attached hydrogen (secondary N) is 1. The zero-order chi connectivity index (χ0) is 16.6. The van der Waals surface area contributed by atoms with Gasteiger partial charge in [0.2, 0.25) is 0 Å². The highest BCUT2D eigenvalue weighted by Crippen LogP contribution is 2.32. The second-order valence-electron chi connectivity index (χ2n) is 6.24. The minimum atomic E-state index is -0.221. The number of rotatable bonds is 3. The minimum absolute atomic E-state index is 0.0202. The lowest BCUT2D eigenvalue weighted by Crippen LogP contribution is -2.12. The van der Waals surface area contributed by atoms with Gasteiger partial charge in [0.15, 0.2) is 0 Å². The lowest BCUT2D eigenvalue weighted by atomic mass is 9.98. The number of thiazole rings is 2. The van der Waals surface area contributed by atoms with E-state index in [0.717, 1.165) is 25.9 Å². The third kappa shape index (κ3) is 3.41. The van der Waals surface area contributed by atoms with Crippen LogP contribution in [0, 0.1) is 0 Å². The van der Waals surface area contributed by atoms with Crippen LogP contribution in [0.2, 0.25) is 0 Å². The van der Waals surface area contributed by atoms with Crippen molar-refractivity contribution in [3.8, 4) is 0 Å². The average molecular weight is 346 g/mol. The predicted octanol–water partition coefficient (Wildman–Crippen LogP) is 3.76. The van der Waals surface area contributed by atoms with Gasteiger partial charge in [0.1, 0.15) is 10.7 Å². The molecule has 0 bridgehead atoms. The summed E-state index contributed by atoms with van der Waals surface area (Å²) in [5.74, 6) is -0.221. The quantitative estimate of drug-likeness (QED) is 0.756. The van der Waals surface area contributed by atoms with Gasteiger partial charge in [-0.15, -0.1) is 22.7 Å². The number of amides is 1. The Labute approximate surface area is 142 Å². The minimum Gasteiger partial charge on any atom is -0.325 e. The molecule has 1 amide bonds. The summed E-state index contributed by atoms with van der Waals surface area (Å²) in [6.45, 7) is 6.78. The molecule has 23 heavy (non-hydrogen) atoms. The van der Waals surface area contributed by atoms with Gasteiger partial charge >= 0.3 is 0 Å². The Hall–Kier alpha value is -1.83. The van der Waals surface area contributed by atoms with E-state index in [4.69, 9.17) is 5.73 Å². The van der Waals surface area contributed by atoms with Crippen LogP contribution in [0.3, 0.4) is 0 Å². The fourth-order valence-corrected chi connectivity index (χ4v) is 3.74. The molecule has 0 aliphatic rings. The molecule has 3 N–H and O–H groups in total. The third-order valence-corrected chi connectivity index (χ3v) is 5.56. The van der Waals surface area contributed by atoms with Gasteiger partial charge in [-0.2, -0.15) is 0 Å². The number of aromatic nitrogens is 2. The van der Waals surface area contributed by atoms with Gasteiger partial charge < -0.3 is 11.1 Å². The molecule has 0 aliphatic carbocycles. The van der Waals surface area contributed by atoms with Crippen molar-refractivity contribution in [3.05, 3.63) is 39.3 Å². The van der Waals surface area contributed by atoms with Gasteiger partial charge in [0.25, 0.3) is 5.91 Å². The van der Waals surface area contributed by atoms with Crippen LogP contribution in [0.1, 0.15) is 41.3 Å². The van der Waals surface area contributed by atoms with E-state index in [1.807, 2.05) is 18.2 Å². The summed E-state index contributed by atoms with van der Waals surface area (Å²) >= 11 is 3.05. The topological polar surface area (TPSA) is 80.9 Å². The van der Waals surface area contributed by atoms with E-state index in [2.05, 4.69) is 36.1 Å². The monoisotopic (exact) mass is 346 g/mol. The van der Waals surface area contributed by atoms with Crippen LogP contribution in [0.4, 0.5) is 5.69 Å². The molecule has 3 aromatic rings. The third-order valence-electron chi connectivity index (χ3n) is 3.25. The molecule has 5 nitrogen and oxygen atoms in total. The molecule has 0 radical (unpaired) electrons. The molecular weight excluding hydrogens is 328 g/mol. The molecule has 2 aromatic heterocycles. The zero-order valence-electron chi connectivity index (χ0n) is 13.2. The number of anilines is 1. The van der Waals surface area contributed by atoms with Crippen molar-refractivity contribution in [2.24, 2.45) is 5.73 Å². The largest absolute Gasteiger partial charge is 0.325 e. The lowest BCUT2D eigenvalue weighted by Gasteiger charge is -2.13. The average Bonchev–Trinajstić information content (AvgIpc) is 3.12. The van der Waals surface area contributed by atoms with Crippen molar-refractivity contribution in [1.29, 1.82) is 0 Å². The smallest absolute Gasteiger partial charge is 0.275 e. The van der Waals surface area contributed by atoms with Gasteiger partial charge in [-0.3, -0.25) is 4.79 Å². The fraction of sp³-hybridized carbons (Fsp3) is 0.312. The Bertz CT molecular complexity index is 860. The molecule has 120 valence electrons. The normalized spacial score (nSPS) is 11.8. The molecule has 0 saturated heterocycles. The van der Waals surface area contributed by atoms with Crippen molar-refractivity contribution in [3.63, 3.8) is 0 Å². The number of nitrogens with zero attached hydrogens (tertiary/aromatic N) is 2. The van der Waals surface area contributed by atoms with Gasteiger partial charge in [0, 0.05) is 23.0 Å². The number of fused-ring (bicyclic) bond motifs is 1. The predicted molar refractivity (Wildman–Crippen MR) is 96.3 cm³/mol. The number of benzene rings is 1. The van der Waals surface area contributed by atoms with Crippen molar-refractivity contribution >= 4 is 44.5 Å².